The van der Waals surface area contributed by atoms with Crippen molar-refractivity contribution < 1.29 is 18.9 Å². The van der Waals surface area contributed by atoms with Crippen LogP contribution in [0.15, 0.2) is 0 Å². The summed E-state index contributed by atoms with van der Waals surface area (Å²) >= 11 is 0. The van der Waals surface area contributed by atoms with E-state index in [1.54, 1.807) is 0 Å². The Balaban J connectivity index is 3.95. The van der Waals surface area contributed by atoms with Gasteiger partial charge in [0, 0.05) is 0 Å². The van der Waals surface area contributed by atoms with Gasteiger partial charge in [-0.3, -0.25) is 9.59 Å². The number of rotatable bonds is 3. The Hall–Kier alpha value is -0.950. The SMILES string of the molecule is NC(=O)S(=O)C[C@H](N)C(=O)O. The molecule has 5 N–H and O–H groups in total. The van der Waals surface area contributed by atoms with Crippen LogP contribution in [-0.4, -0.2) is 32.3 Å². The van der Waals surface area contributed by atoms with Gasteiger partial charge in [-0.25, -0.2) is 4.21 Å². The topological polar surface area (TPSA) is 123 Å². The number of carbonyl (C=O) groups excluding carboxylic acids is 1. The number of carboxylic acids is 1. The molecule has 0 saturated carbocycles. The lowest BCUT2D eigenvalue weighted by atomic mass is 10.4. The van der Waals surface area contributed by atoms with Crippen molar-refractivity contribution in [2.75, 3.05) is 5.75 Å². The molecular formula is C4H8N2O4S. The van der Waals surface area contributed by atoms with Crippen LogP contribution in [0.2, 0.25) is 0 Å². The molecule has 0 aromatic carbocycles. The number of nitrogens with two attached hydrogens (primary N) is 2. The van der Waals surface area contributed by atoms with Gasteiger partial charge >= 0.3 is 11.2 Å². The van der Waals surface area contributed by atoms with Crippen molar-refractivity contribution in [3.63, 3.8) is 0 Å². The highest BCUT2D eigenvalue weighted by Gasteiger charge is 2.17. The lowest BCUT2D eigenvalue weighted by molar-refractivity contribution is -0.137. The largest absolute Gasteiger partial charge is 0.480 e. The van der Waals surface area contributed by atoms with Crippen LogP contribution in [0.1, 0.15) is 0 Å². The lowest BCUT2D eigenvalue weighted by Crippen LogP contribution is -2.38. The predicted molar refractivity (Wildman–Crippen MR) is 38.2 cm³/mol. The summed E-state index contributed by atoms with van der Waals surface area (Å²) in [5.41, 5.74) is 9.55. The zero-order chi connectivity index (χ0) is 9.02. The van der Waals surface area contributed by atoms with Gasteiger partial charge in [0.2, 0.25) is 0 Å². The third kappa shape index (κ3) is 3.68. The van der Waals surface area contributed by atoms with E-state index in [-0.39, 0.29) is 0 Å². The van der Waals surface area contributed by atoms with Gasteiger partial charge < -0.3 is 16.6 Å². The number of hydrogen-bond donors (Lipinski definition) is 3. The van der Waals surface area contributed by atoms with E-state index in [0.717, 1.165) is 0 Å². The molecule has 0 rings (SSSR count). The van der Waals surface area contributed by atoms with Crippen molar-refractivity contribution >= 4 is 22.0 Å². The van der Waals surface area contributed by atoms with Crippen LogP contribution >= 0.6 is 0 Å². The van der Waals surface area contributed by atoms with E-state index >= 15 is 0 Å². The Morgan fingerprint density at radius 1 is 1.55 bits per heavy atom. The molecule has 0 spiro atoms. The first kappa shape index (κ1) is 10.0. The Kier molecular flexibility index (Phi) is 3.69. The molecule has 1 amide bonds. The van der Waals surface area contributed by atoms with E-state index in [1.165, 1.54) is 0 Å². The zero-order valence-corrected chi connectivity index (χ0v) is 6.34. The highest BCUT2D eigenvalue weighted by molar-refractivity contribution is 8.00. The van der Waals surface area contributed by atoms with Gasteiger partial charge in [-0.15, -0.1) is 0 Å². The van der Waals surface area contributed by atoms with Crippen LogP contribution in [0.3, 0.4) is 0 Å². The van der Waals surface area contributed by atoms with Crippen molar-refractivity contribution in [2.24, 2.45) is 11.5 Å². The third-order valence-electron chi connectivity index (χ3n) is 0.873. The Bertz CT molecular complexity index is 204. The van der Waals surface area contributed by atoms with E-state index in [2.05, 4.69) is 5.73 Å². The van der Waals surface area contributed by atoms with Crippen LogP contribution in [-0.2, 0) is 15.6 Å². The average Bonchev–Trinajstić information content (AvgIpc) is 1.87. The van der Waals surface area contributed by atoms with Crippen LogP contribution in [0.5, 0.6) is 0 Å². The molecule has 0 heterocycles. The fourth-order valence-electron chi connectivity index (χ4n) is 0.317. The number of amides is 1. The second-order valence-corrected chi connectivity index (χ2v) is 3.20. The maximum Gasteiger partial charge on any atom is 0.321 e. The van der Waals surface area contributed by atoms with Gasteiger partial charge in [0.05, 0.1) is 5.75 Å². The highest BCUT2D eigenvalue weighted by atomic mass is 32.2. The van der Waals surface area contributed by atoms with E-state index in [4.69, 9.17) is 10.8 Å². The van der Waals surface area contributed by atoms with Crippen molar-refractivity contribution in [2.45, 2.75) is 6.04 Å². The summed E-state index contributed by atoms with van der Waals surface area (Å²) in [5.74, 6) is -1.75. The van der Waals surface area contributed by atoms with E-state index < -0.39 is 33.8 Å². The van der Waals surface area contributed by atoms with Gasteiger partial charge in [0.15, 0.2) is 0 Å². The second-order valence-electron chi connectivity index (χ2n) is 1.78. The molecule has 11 heavy (non-hydrogen) atoms. The molecule has 6 nitrogen and oxygen atoms in total. The first-order chi connectivity index (χ1) is 4.95. The molecule has 0 saturated heterocycles. The van der Waals surface area contributed by atoms with Gasteiger partial charge in [-0.05, 0) is 0 Å². The molecule has 0 radical (unpaired) electrons. The summed E-state index contributed by atoms with van der Waals surface area (Å²) < 4.78 is 10.6. The summed E-state index contributed by atoms with van der Waals surface area (Å²) in [6.07, 6.45) is 0. The number of carbonyl (C=O) groups is 2. The Morgan fingerprint density at radius 3 is 2.27 bits per heavy atom. The molecule has 7 heteroatoms. The fraction of sp³-hybridized carbons (Fsp3) is 0.500. The smallest absolute Gasteiger partial charge is 0.321 e. The van der Waals surface area contributed by atoms with Crippen molar-refractivity contribution in [1.82, 2.24) is 0 Å². The Morgan fingerprint density at radius 2 is 2.00 bits per heavy atom. The van der Waals surface area contributed by atoms with Gasteiger partial charge in [-0.2, -0.15) is 0 Å². The first-order valence-electron chi connectivity index (χ1n) is 2.61. The lowest BCUT2D eigenvalue weighted by Gasteiger charge is -2.02. The van der Waals surface area contributed by atoms with Gasteiger partial charge in [0.1, 0.15) is 16.8 Å². The molecule has 0 aliphatic heterocycles. The van der Waals surface area contributed by atoms with Gasteiger partial charge in [-0.1, -0.05) is 0 Å². The molecule has 0 fully saturated rings. The summed E-state index contributed by atoms with van der Waals surface area (Å²) in [7, 11) is -1.99. The van der Waals surface area contributed by atoms with E-state index in [1.807, 2.05) is 0 Å². The number of carboxylic acid groups (broad SMARTS) is 1. The fourth-order valence-corrected chi connectivity index (χ4v) is 0.950. The summed E-state index contributed by atoms with van der Waals surface area (Å²) in [6.45, 7) is 0. The minimum Gasteiger partial charge on any atom is -0.480 e. The van der Waals surface area contributed by atoms with Crippen LogP contribution in [0, 0.1) is 0 Å². The van der Waals surface area contributed by atoms with Crippen molar-refractivity contribution in [3.8, 4) is 0 Å². The monoisotopic (exact) mass is 180 g/mol. The minimum absolute atomic E-state index is 0.440. The van der Waals surface area contributed by atoms with Crippen LogP contribution < -0.4 is 11.5 Å². The molecule has 0 aromatic rings. The number of primary amides is 1. The average molecular weight is 180 g/mol. The molecule has 0 bridgehead atoms. The minimum atomic E-state index is -1.99. The normalized spacial score (nSPS) is 15.4. The highest BCUT2D eigenvalue weighted by Crippen LogP contribution is 1.86. The zero-order valence-electron chi connectivity index (χ0n) is 5.52. The van der Waals surface area contributed by atoms with E-state index in [9.17, 15) is 13.8 Å². The van der Waals surface area contributed by atoms with Crippen molar-refractivity contribution in [3.05, 3.63) is 0 Å². The molecule has 2 atom stereocenters. The maximum absolute atomic E-state index is 10.6. The summed E-state index contributed by atoms with van der Waals surface area (Å²) in [6, 6.07) is -1.30. The summed E-state index contributed by atoms with van der Waals surface area (Å²) in [4.78, 5) is 20.2. The van der Waals surface area contributed by atoms with E-state index in [0.29, 0.717) is 0 Å². The first-order valence-corrected chi connectivity index (χ1v) is 3.93. The second kappa shape index (κ2) is 4.04. The molecule has 0 aliphatic rings. The van der Waals surface area contributed by atoms with Gasteiger partial charge in [0.25, 0.3) is 0 Å². The third-order valence-corrected chi connectivity index (χ3v) is 1.98. The molecule has 64 valence electrons. The van der Waals surface area contributed by atoms with Crippen molar-refractivity contribution in [1.29, 1.82) is 0 Å². The summed E-state index contributed by atoms with van der Waals surface area (Å²) in [5, 5.41) is 7.15. The molecular weight excluding hydrogens is 172 g/mol. The van der Waals surface area contributed by atoms with Crippen LogP contribution in [0.4, 0.5) is 4.79 Å². The molecule has 1 unspecified atom stereocenters. The number of hydrogen-bond acceptors (Lipinski definition) is 4. The number of aliphatic carboxylic acids is 1. The quantitative estimate of drug-likeness (QED) is 0.474. The Labute approximate surface area is 65.0 Å². The standard InChI is InChI=1S/C4H8N2O4S/c5-2(3(7)8)1-11(10)4(6)9/h2H,1,5H2,(H2,6,9)(H,7,8)/t2-,11?/m0/s1. The predicted octanol–water partition coefficient (Wildman–Crippen LogP) is -1.77. The van der Waals surface area contributed by atoms with Crippen LogP contribution in [0.25, 0.3) is 0 Å². The molecule has 0 aliphatic carbocycles. The maximum atomic E-state index is 10.6. The molecule has 0 aromatic heterocycles.